The lowest BCUT2D eigenvalue weighted by Crippen LogP contribution is -2.55. The fourth-order valence-corrected chi connectivity index (χ4v) is 6.86. The third-order valence-corrected chi connectivity index (χ3v) is 7.69. The van der Waals surface area contributed by atoms with E-state index in [4.69, 9.17) is 0 Å². The van der Waals surface area contributed by atoms with Crippen molar-refractivity contribution in [2.24, 2.45) is 23.2 Å². The number of carbonyl (C=O) groups is 1. The summed E-state index contributed by atoms with van der Waals surface area (Å²) in [4.78, 5) is 16.3. The summed E-state index contributed by atoms with van der Waals surface area (Å²) in [6, 6.07) is 6.58. The molecule has 2 N–H and O–H groups in total. The van der Waals surface area contributed by atoms with Gasteiger partial charge < -0.3 is 10.3 Å². The molecule has 1 amide bonds. The van der Waals surface area contributed by atoms with Gasteiger partial charge in [0.25, 0.3) is 5.91 Å². The van der Waals surface area contributed by atoms with E-state index < -0.39 is 0 Å². The van der Waals surface area contributed by atoms with Crippen molar-refractivity contribution in [2.45, 2.75) is 65.3 Å². The number of aromatic nitrogens is 1. The van der Waals surface area contributed by atoms with Gasteiger partial charge in [-0.15, -0.1) is 0 Å². The average molecular weight is 351 g/mol. The van der Waals surface area contributed by atoms with Crippen LogP contribution in [-0.2, 0) is 0 Å². The third-order valence-electron chi connectivity index (χ3n) is 7.69. The summed E-state index contributed by atoms with van der Waals surface area (Å²) < 4.78 is 0. The van der Waals surface area contributed by atoms with Crippen LogP contribution in [-0.4, -0.2) is 16.9 Å². The monoisotopic (exact) mass is 350 g/mol. The van der Waals surface area contributed by atoms with Crippen molar-refractivity contribution >= 4 is 16.8 Å². The summed E-state index contributed by atoms with van der Waals surface area (Å²) in [6.45, 7) is 6.47. The van der Waals surface area contributed by atoms with Gasteiger partial charge in [0.2, 0.25) is 0 Å². The number of hydrogen-bond acceptors (Lipinski definition) is 1. The summed E-state index contributed by atoms with van der Waals surface area (Å²) in [6.07, 6.45) is 8.31. The summed E-state index contributed by atoms with van der Waals surface area (Å²) in [7, 11) is 0. The van der Waals surface area contributed by atoms with Gasteiger partial charge in [0.05, 0.1) is 0 Å². The molecule has 1 aromatic heterocycles. The predicted molar refractivity (Wildman–Crippen MR) is 105 cm³/mol. The van der Waals surface area contributed by atoms with Crippen LogP contribution in [0.2, 0.25) is 0 Å². The molecule has 2 aromatic rings. The number of H-pyrrole nitrogens is 1. The van der Waals surface area contributed by atoms with Gasteiger partial charge in [-0.05, 0) is 106 Å². The molecule has 0 radical (unpaired) electrons. The molecule has 3 nitrogen and oxygen atoms in total. The quantitative estimate of drug-likeness (QED) is 0.793. The highest BCUT2D eigenvalue weighted by molar-refractivity contribution is 5.99. The number of aryl methyl sites for hydroxylation is 2. The molecule has 4 aliphatic rings. The number of aromatic amines is 1. The maximum absolute atomic E-state index is 13.0. The summed E-state index contributed by atoms with van der Waals surface area (Å²) in [5.41, 5.74) is 4.57. The van der Waals surface area contributed by atoms with Crippen LogP contribution in [0.5, 0.6) is 0 Å². The Bertz CT molecular complexity index is 842. The molecule has 0 spiro atoms. The lowest BCUT2D eigenvalue weighted by atomic mass is 9.48. The Kier molecular flexibility index (Phi) is 3.54. The average Bonchev–Trinajstić information content (AvgIpc) is 2.98. The Morgan fingerprint density at radius 1 is 1.08 bits per heavy atom. The second kappa shape index (κ2) is 5.61. The maximum atomic E-state index is 13.0. The van der Waals surface area contributed by atoms with E-state index in [1.165, 1.54) is 49.7 Å². The molecule has 1 unspecified atom stereocenters. The maximum Gasteiger partial charge on any atom is 0.267 e. The Morgan fingerprint density at radius 2 is 1.69 bits per heavy atom. The molecule has 0 saturated heterocycles. The van der Waals surface area contributed by atoms with Gasteiger partial charge in [-0.3, -0.25) is 4.79 Å². The van der Waals surface area contributed by atoms with Gasteiger partial charge >= 0.3 is 0 Å². The van der Waals surface area contributed by atoms with Crippen LogP contribution >= 0.6 is 0 Å². The van der Waals surface area contributed by atoms with Crippen LogP contribution < -0.4 is 5.32 Å². The van der Waals surface area contributed by atoms with Crippen molar-refractivity contribution < 1.29 is 4.79 Å². The molecular formula is C23H30N2O. The fourth-order valence-electron chi connectivity index (χ4n) is 6.86. The smallest absolute Gasteiger partial charge is 0.267 e. The van der Waals surface area contributed by atoms with Crippen molar-refractivity contribution in [3.8, 4) is 0 Å². The van der Waals surface area contributed by atoms with E-state index in [1.807, 2.05) is 6.07 Å². The molecule has 138 valence electrons. The molecule has 4 saturated carbocycles. The first-order chi connectivity index (χ1) is 12.4. The molecule has 1 aromatic carbocycles. The van der Waals surface area contributed by atoms with E-state index in [-0.39, 0.29) is 11.9 Å². The summed E-state index contributed by atoms with van der Waals surface area (Å²) >= 11 is 0. The number of rotatable bonds is 3. The zero-order valence-corrected chi connectivity index (χ0v) is 16.2. The first-order valence-corrected chi connectivity index (χ1v) is 10.3. The Morgan fingerprint density at radius 3 is 2.31 bits per heavy atom. The standard InChI is InChI=1S/C23H30N2O/c1-13-4-14(2)19-9-21(25-20(19)5-13)22(26)24-15(3)23-10-16-6-17(11-23)8-18(7-16)12-23/h4-5,9,15-18,25H,6-8,10-12H2,1-3H3,(H,24,26). The van der Waals surface area contributed by atoms with Gasteiger partial charge in [-0.1, -0.05) is 6.07 Å². The molecule has 4 aliphatic carbocycles. The first kappa shape index (κ1) is 16.4. The van der Waals surface area contributed by atoms with E-state index in [1.54, 1.807) is 0 Å². The Balaban J connectivity index is 1.38. The number of amides is 1. The number of benzene rings is 1. The van der Waals surface area contributed by atoms with E-state index in [0.717, 1.165) is 28.7 Å². The minimum absolute atomic E-state index is 0.0569. The second-order valence-electron chi connectivity index (χ2n) is 9.70. The second-order valence-corrected chi connectivity index (χ2v) is 9.70. The predicted octanol–water partition coefficient (Wildman–Crippen LogP) is 5.12. The summed E-state index contributed by atoms with van der Waals surface area (Å²) in [5.74, 6) is 2.81. The van der Waals surface area contributed by atoms with Crippen molar-refractivity contribution in [1.82, 2.24) is 10.3 Å². The molecule has 4 bridgehead atoms. The zero-order chi connectivity index (χ0) is 18.1. The van der Waals surface area contributed by atoms with Crippen LogP contribution in [0.3, 0.4) is 0 Å². The van der Waals surface area contributed by atoms with Crippen molar-refractivity contribution in [3.05, 3.63) is 35.0 Å². The molecule has 6 rings (SSSR count). The van der Waals surface area contributed by atoms with Gasteiger partial charge in [0, 0.05) is 16.9 Å². The number of fused-ring (bicyclic) bond motifs is 1. The molecule has 4 fully saturated rings. The molecule has 26 heavy (non-hydrogen) atoms. The molecular weight excluding hydrogens is 320 g/mol. The topological polar surface area (TPSA) is 44.9 Å². The zero-order valence-electron chi connectivity index (χ0n) is 16.2. The first-order valence-electron chi connectivity index (χ1n) is 10.3. The minimum Gasteiger partial charge on any atom is -0.351 e. The Labute approximate surface area is 155 Å². The largest absolute Gasteiger partial charge is 0.351 e. The highest BCUT2D eigenvalue weighted by Gasteiger charge is 2.53. The van der Waals surface area contributed by atoms with Crippen LogP contribution in [0.4, 0.5) is 0 Å². The van der Waals surface area contributed by atoms with E-state index in [2.05, 4.69) is 43.2 Å². The van der Waals surface area contributed by atoms with Gasteiger partial charge in [0.1, 0.15) is 5.69 Å². The number of carbonyl (C=O) groups excluding carboxylic acids is 1. The molecule has 3 heteroatoms. The SMILES string of the molecule is Cc1cc(C)c2cc(C(=O)NC(C)C34CC5CC(CC(C5)C3)C4)[nH]c2c1. The van der Waals surface area contributed by atoms with Gasteiger partial charge in [-0.2, -0.15) is 0 Å². The third kappa shape index (κ3) is 2.51. The lowest BCUT2D eigenvalue weighted by Gasteiger charge is -2.59. The summed E-state index contributed by atoms with van der Waals surface area (Å²) in [5, 5.41) is 4.53. The lowest BCUT2D eigenvalue weighted by molar-refractivity contribution is -0.0688. The Hall–Kier alpha value is -1.77. The normalized spacial score (nSPS) is 33.6. The van der Waals surface area contributed by atoms with Crippen molar-refractivity contribution in [2.75, 3.05) is 0 Å². The van der Waals surface area contributed by atoms with Crippen LogP contribution in [0.15, 0.2) is 18.2 Å². The fraction of sp³-hybridized carbons (Fsp3) is 0.609. The molecule has 0 aliphatic heterocycles. The molecule has 1 heterocycles. The number of hydrogen-bond donors (Lipinski definition) is 2. The highest BCUT2D eigenvalue weighted by atomic mass is 16.1. The van der Waals surface area contributed by atoms with E-state index in [9.17, 15) is 4.79 Å². The van der Waals surface area contributed by atoms with E-state index in [0.29, 0.717) is 11.1 Å². The minimum atomic E-state index is 0.0569. The van der Waals surface area contributed by atoms with Crippen molar-refractivity contribution in [3.63, 3.8) is 0 Å². The van der Waals surface area contributed by atoms with Crippen LogP contribution in [0.1, 0.15) is 67.1 Å². The highest BCUT2D eigenvalue weighted by Crippen LogP contribution is 2.61. The number of nitrogens with one attached hydrogen (secondary N) is 2. The molecule has 1 atom stereocenters. The van der Waals surface area contributed by atoms with Gasteiger partial charge in [0.15, 0.2) is 0 Å². The van der Waals surface area contributed by atoms with Crippen LogP contribution in [0, 0.1) is 37.0 Å². The van der Waals surface area contributed by atoms with E-state index >= 15 is 0 Å². The van der Waals surface area contributed by atoms with Gasteiger partial charge in [-0.25, -0.2) is 0 Å². The van der Waals surface area contributed by atoms with Crippen LogP contribution in [0.25, 0.3) is 10.9 Å². The van der Waals surface area contributed by atoms with Crippen molar-refractivity contribution in [1.29, 1.82) is 0 Å².